The van der Waals surface area contributed by atoms with Crippen molar-refractivity contribution < 1.29 is 5.11 Å². The number of rotatable bonds is 4. The van der Waals surface area contributed by atoms with Gasteiger partial charge in [0.15, 0.2) is 0 Å². The van der Waals surface area contributed by atoms with Crippen LogP contribution in [0.25, 0.3) is 5.57 Å². The van der Waals surface area contributed by atoms with Crippen molar-refractivity contribution in [1.82, 2.24) is 0 Å². The van der Waals surface area contributed by atoms with Crippen molar-refractivity contribution in [2.24, 2.45) is 5.73 Å². The van der Waals surface area contributed by atoms with Crippen molar-refractivity contribution in [2.75, 3.05) is 6.54 Å². The predicted molar refractivity (Wildman–Crippen MR) is 64.7 cm³/mol. The third-order valence-electron chi connectivity index (χ3n) is 2.32. The molecule has 0 aliphatic rings. The number of nitrogens with two attached hydrogens (primary N) is 1. The van der Waals surface area contributed by atoms with Gasteiger partial charge in [-0.2, -0.15) is 0 Å². The smallest absolute Gasteiger partial charge is 0.119 e. The van der Waals surface area contributed by atoms with E-state index in [0.29, 0.717) is 18.7 Å². The van der Waals surface area contributed by atoms with E-state index >= 15 is 0 Å². The van der Waals surface area contributed by atoms with E-state index < -0.39 is 0 Å². The summed E-state index contributed by atoms with van der Waals surface area (Å²) in [5.74, 6) is 0.315. The van der Waals surface area contributed by atoms with E-state index in [0.717, 1.165) is 16.7 Å². The Morgan fingerprint density at radius 1 is 1.53 bits per heavy atom. The minimum atomic E-state index is 0.315. The Labute approximate surface area is 90.7 Å². The Kier molecular flexibility index (Phi) is 4.13. The van der Waals surface area contributed by atoms with Crippen LogP contribution in [0.2, 0.25) is 0 Å². The molecule has 2 heteroatoms. The van der Waals surface area contributed by atoms with Gasteiger partial charge < -0.3 is 10.8 Å². The highest BCUT2D eigenvalue weighted by Crippen LogP contribution is 2.23. The summed E-state index contributed by atoms with van der Waals surface area (Å²) in [5, 5.41) is 9.73. The van der Waals surface area contributed by atoms with E-state index in [4.69, 9.17) is 5.73 Å². The van der Waals surface area contributed by atoms with Gasteiger partial charge in [0.1, 0.15) is 5.75 Å². The van der Waals surface area contributed by atoms with Gasteiger partial charge in [-0.1, -0.05) is 30.9 Å². The van der Waals surface area contributed by atoms with Gasteiger partial charge >= 0.3 is 0 Å². The lowest BCUT2D eigenvalue weighted by molar-refractivity contribution is 0.468. The number of phenols is 1. The van der Waals surface area contributed by atoms with Crippen LogP contribution in [0.5, 0.6) is 5.75 Å². The Bertz CT molecular complexity index is 380. The van der Waals surface area contributed by atoms with Crippen LogP contribution in [0.1, 0.15) is 18.1 Å². The Morgan fingerprint density at radius 2 is 2.27 bits per heavy atom. The van der Waals surface area contributed by atoms with E-state index in [1.54, 1.807) is 12.1 Å². The molecule has 0 fully saturated rings. The SMILES string of the molecule is C=C/C=C(\C)c1ccc(CCN)c(O)c1. The van der Waals surface area contributed by atoms with Crippen LogP contribution in [-0.2, 0) is 6.42 Å². The van der Waals surface area contributed by atoms with E-state index in [9.17, 15) is 5.11 Å². The van der Waals surface area contributed by atoms with Crippen molar-refractivity contribution >= 4 is 5.57 Å². The maximum absolute atomic E-state index is 9.73. The molecule has 0 saturated heterocycles. The minimum Gasteiger partial charge on any atom is -0.508 e. The van der Waals surface area contributed by atoms with E-state index in [-0.39, 0.29) is 0 Å². The summed E-state index contributed by atoms with van der Waals surface area (Å²) in [4.78, 5) is 0. The first-order valence-electron chi connectivity index (χ1n) is 5.00. The molecule has 3 N–H and O–H groups in total. The molecule has 1 rings (SSSR count). The molecule has 0 aliphatic carbocycles. The highest BCUT2D eigenvalue weighted by Gasteiger charge is 2.02. The van der Waals surface area contributed by atoms with Gasteiger partial charge in [-0.3, -0.25) is 0 Å². The molecule has 15 heavy (non-hydrogen) atoms. The van der Waals surface area contributed by atoms with Gasteiger partial charge in [-0.15, -0.1) is 0 Å². The third kappa shape index (κ3) is 2.96. The molecule has 0 aromatic heterocycles. The molecule has 0 radical (unpaired) electrons. The van der Waals surface area contributed by atoms with Gasteiger partial charge in [0, 0.05) is 0 Å². The fraction of sp³-hybridized carbons (Fsp3) is 0.231. The highest BCUT2D eigenvalue weighted by molar-refractivity contribution is 5.66. The van der Waals surface area contributed by atoms with Crippen molar-refractivity contribution in [3.8, 4) is 5.75 Å². The zero-order chi connectivity index (χ0) is 11.3. The summed E-state index contributed by atoms with van der Waals surface area (Å²) in [5.41, 5.74) is 8.43. The number of phenolic OH excluding ortho intramolecular Hbond substituents is 1. The van der Waals surface area contributed by atoms with E-state index in [2.05, 4.69) is 6.58 Å². The molecule has 0 spiro atoms. The summed E-state index contributed by atoms with van der Waals surface area (Å²) >= 11 is 0. The first-order chi connectivity index (χ1) is 7.19. The lowest BCUT2D eigenvalue weighted by Crippen LogP contribution is -2.02. The monoisotopic (exact) mass is 203 g/mol. The largest absolute Gasteiger partial charge is 0.508 e. The zero-order valence-corrected chi connectivity index (χ0v) is 9.03. The number of hydrogen-bond acceptors (Lipinski definition) is 2. The molecule has 0 bridgehead atoms. The summed E-state index contributed by atoms with van der Waals surface area (Å²) < 4.78 is 0. The average Bonchev–Trinajstić information content (AvgIpc) is 2.21. The summed E-state index contributed by atoms with van der Waals surface area (Å²) in [6, 6.07) is 5.67. The van der Waals surface area contributed by atoms with Crippen LogP contribution >= 0.6 is 0 Å². The number of benzene rings is 1. The van der Waals surface area contributed by atoms with Crippen LogP contribution in [0.3, 0.4) is 0 Å². The first kappa shape index (κ1) is 11.5. The topological polar surface area (TPSA) is 46.2 Å². The molecule has 0 aliphatic heterocycles. The van der Waals surface area contributed by atoms with Crippen LogP contribution in [0.4, 0.5) is 0 Å². The van der Waals surface area contributed by atoms with Crippen molar-refractivity contribution in [3.63, 3.8) is 0 Å². The van der Waals surface area contributed by atoms with Gasteiger partial charge in [-0.25, -0.2) is 0 Å². The maximum Gasteiger partial charge on any atom is 0.119 e. The highest BCUT2D eigenvalue weighted by atomic mass is 16.3. The summed E-state index contributed by atoms with van der Waals surface area (Å²) in [7, 11) is 0. The third-order valence-corrected chi connectivity index (χ3v) is 2.32. The molecule has 0 amide bonds. The molecule has 0 heterocycles. The fourth-order valence-electron chi connectivity index (χ4n) is 1.45. The van der Waals surface area contributed by atoms with Gasteiger partial charge in [-0.05, 0) is 42.7 Å². The predicted octanol–water partition coefficient (Wildman–Crippen LogP) is 2.48. The lowest BCUT2D eigenvalue weighted by Gasteiger charge is -2.06. The standard InChI is InChI=1S/C13H17NO/c1-3-4-10(2)12-6-5-11(7-8-14)13(15)9-12/h3-6,9,15H,1,7-8,14H2,2H3/b10-4+. The molecular formula is C13H17NO. The molecule has 2 nitrogen and oxygen atoms in total. The lowest BCUT2D eigenvalue weighted by atomic mass is 10.0. The second-order valence-corrected chi connectivity index (χ2v) is 3.47. The van der Waals surface area contributed by atoms with Crippen LogP contribution < -0.4 is 5.73 Å². The van der Waals surface area contributed by atoms with Gasteiger partial charge in [0.05, 0.1) is 0 Å². The van der Waals surface area contributed by atoms with Crippen LogP contribution in [-0.4, -0.2) is 11.7 Å². The molecule has 80 valence electrons. The number of hydrogen-bond donors (Lipinski definition) is 2. The maximum atomic E-state index is 9.73. The normalized spacial score (nSPS) is 11.5. The van der Waals surface area contributed by atoms with Gasteiger partial charge in [0.25, 0.3) is 0 Å². The quantitative estimate of drug-likeness (QED) is 0.738. The Morgan fingerprint density at radius 3 is 2.80 bits per heavy atom. The first-order valence-corrected chi connectivity index (χ1v) is 5.00. The van der Waals surface area contributed by atoms with E-state index in [1.165, 1.54) is 0 Å². The minimum absolute atomic E-state index is 0.315. The van der Waals surface area contributed by atoms with E-state index in [1.807, 2.05) is 25.1 Å². The second-order valence-electron chi connectivity index (χ2n) is 3.47. The number of aromatic hydroxyl groups is 1. The average molecular weight is 203 g/mol. The van der Waals surface area contributed by atoms with Crippen LogP contribution in [0.15, 0.2) is 36.9 Å². The molecule has 1 aromatic rings. The summed E-state index contributed by atoms with van der Waals surface area (Å²) in [6.07, 6.45) is 4.36. The summed E-state index contributed by atoms with van der Waals surface area (Å²) in [6.45, 7) is 6.18. The molecule has 1 aromatic carbocycles. The molecule has 0 saturated carbocycles. The zero-order valence-electron chi connectivity index (χ0n) is 9.03. The molecule has 0 atom stereocenters. The second kappa shape index (κ2) is 5.37. The molecular weight excluding hydrogens is 186 g/mol. The van der Waals surface area contributed by atoms with Crippen molar-refractivity contribution in [1.29, 1.82) is 0 Å². The number of allylic oxidation sites excluding steroid dienone is 3. The Hall–Kier alpha value is -1.54. The van der Waals surface area contributed by atoms with Gasteiger partial charge in [0.2, 0.25) is 0 Å². The Balaban J connectivity index is 3.00. The fourth-order valence-corrected chi connectivity index (χ4v) is 1.45. The molecule has 0 unspecified atom stereocenters. The van der Waals surface area contributed by atoms with Crippen LogP contribution in [0, 0.1) is 0 Å². The van der Waals surface area contributed by atoms with Crippen molar-refractivity contribution in [3.05, 3.63) is 48.1 Å². The van der Waals surface area contributed by atoms with Crippen molar-refractivity contribution in [2.45, 2.75) is 13.3 Å².